The molecule has 0 aliphatic carbocycles. The van der Waals surface area contributed by atoms with Crippen LogP contribution in [0.1, 0.15) is 25.3 Å². The fourth-order valence-corrected chi connectivity index (χ4v) is 1.19. The molecule has 0 radical (unpaired) electrons. The van der Waals surface area contributed by atoms with E-state index in [2.05, 4.69) is 10.9 Å². The highest BCUT2D eigenvalue weighted by Crippen LogP contribution is 2.07. The maximum Gasteiger partial charge on any atom is 0.425 e. The molecule has 1 rings (SSSR count). The molecule has 94 valence electrons. The molecule has 1 amide bonds. The summed E-state index contributed by atoms with van der Waals surface area (Å²) in [4.78, 5) is 11.2. The Morgan fingerprint density at radius 1 is 1.35 bits per heavy atom. The van der Waals surface area contributed by atoms with Gasteiger partial charge in [-0.2, -0.15) is 0 Å². The lowest BCUT2D eigenvalue weighted by Gasteiger charge is -2.09. The lowest BCUT2D eigenvalue weighted by molar-refractivity contribution is 0.147. The van der Waals surface area contributed by atoms with Gasteiger partial charge in [0.15, 0.2) is 0 Å². The van der Waals surface area contributed by atoms with Crippen molar-refractivity contribution in [1.82, 2.24) is 5.43 Å². The van der Waals surface area contributed by atoms with Gasteiger partial charge in [0.1, 0.15) is 0 Å². The predicted octanol–water partition coefficient (Wildman–Crippen LogP) is 2.00. The molecule has 17 heavy (non-hydrogen) atoms. The largest absolute Gasteiger partial charge is 0.448 e. The molecule has 1 aromatic rings. The van der Waals surface area contributed by atoms with E-state index in [1.165, 1.54) is 0 Å². The zero-order valence-corrected chi connectivity index (χ0v) is 10.0. The maximum absolute atomic E-state index is 11.2. The number of amides is 1. The van der Waals surface area contributed by atoms with E-state index < -0.39 is 6.09 Å². The third kappa shape index (κ3) is 5.21. The molecule has 0 aliphatic heterocycles. The van der Waals surface area contributed by atoms with E-state index >= 15 is 0 Å². The van der Waals surface area contributed by atoms with Crippen LogP contribution in [0.3, 0.4) is 0 Å². The van der Waals surface area contributed by atoms with E-state index in [9.17, 15) is 4.79 Å². The van der Waals surface area contributed by atoms with E-state index in [0.29, 0.717) is 13.2 Å². The first-order valence-corrected chi connectivity index (χ1v) is 5.74. The number of hydrogen-bond donors (Lipinski definition) is 3. The van der Waals surface area contributed by atoms with E-state index in [0.717, 1.165) is 24.1 Å². The van der Waals surface area contributed by atoms with Gasteiger partial charge >= 0.3 is 6.09 Å². The Bertz CT molecular complexity index is 338. The monoisotopic (exact) mass is 237 g/mol. The van der Waals surface area contributed by atoms with Gasteiger partial charge in [0.2, 0.25) is 0 Å². The topological polar surface area (TPSA) is 76.4 Å². The standard InChI is InChI=1S/C12H19N3O2/c1-2-3-8-17-12(16)15-14-11-6-4-10(9-13)5-7-11/h4-7,14H,2-3,8-9,13H2,1H3,(H,15,16). The molecule has 0 aliphatic rings. The number of anilines is 1. The van der Waals surface area contributed by atoms with Crippen LogP contribution in [0.15, 0.2) is 24.3 Å². The molecule has 0 saturated heterocycles. The van der Waals surface area contributed by atoms with Crippen LogP contribution in [-0.4, -0.2) is 12.7 Å². The van der Waals surface area contributed by atoms with Crippen LogP contribution in [0, 0.1) is 0 Å². The van der Waals surface area contributed by atoms with Crippen molar-refractivity contribution in [1.29, 1.82) is 0 Å². The molecule has 0 aromatic heterocycles. The minimum Gasteiger partial charge on any atom is -0.448 e. The van der Waals surface area contributed by atoms with Crippen LogP contribution in [0.2, 0.25) is 0 Å². The van der Waals surface area contributed by atoms with Gasteiger partial charge in [0.25, 0.3) is 0 Å². The third-order valence-corrected chi connectivity index (χ3v) is 2.23. The summed E-state index contributed by atoms with van der Waals surface area (Å²) in [5, 5.41) is 0. The molecule has 0 atom stereocenters. The number of unbranched alkanes of at least 4 members (excludes halogenated alkanes) is 1. The number of hydrogen-bond acceptors (Lipinski definition) is 4. The summed E-state index contributed by atoms with van der Waals surface area (Å²) in [7, 11) is 0. The van der Waals surface area contributed by atoms with E-state index in [1.54, 1.807) is 0 Å². The highest BCUT2D eigenvalue weighted by molar-refractivity contribution is 5.69. The summed E-state index contributed by atoms with van der Waals surface area (Å²) < 4.78 is 4.92. The van der Waals surface area contributed by atoms with E-state index in [4.69, 9.17) is 10.5 Å². The van der Waals surface area contributed by atoms with Gasteiger partial charge < -0.3 is 10.5 Å². The second-order valence-electron chi connectivity index (χ2n) is 3.64. The molecule has 0 spiro atoms. The summed E-state index contributed by atoms with van der Waals surface area (Å²) >= 11 is 0. The maximum atomic E-state index is 11.2. The van der Waals surface area contributed by atoms with Crippen molar-refractivity contribution in [3.63, 3.8) is 0 Å². The molecular weight excluding hydrogens is 218 g/mol. The van der Waals surface area contributed by atoms with Crippen molar-refractivity contribution >= 4 is 11.8 Å². The zero-order valence-electron chi connectivity index (χ0n) is 10.0. The number of rotatable bonds is 6. The summed E-state index contributed by atoms with van der Waals surface area (Å²) in [5.74, 6) is 0. The van der Waals surface area contributed by atoms with Crippen LogP contribution in [-0.2, 0) is 11.3 Å². The Balaban J connectivity index is 2.27. The van der Waals surface area contributed by atoms with Gasteiger partial charge in [-0.3, -0.25) is 5.43 Å². The van der Waals surface area contributed by atoms with Crippen LogP contribution < -0.4 is 16.6 Å². The first kappa shape index (κ1) is 13.3. The van der Waals surface area contributed by atoms with E-state index in [1.807, 2.05) is 31.2 Å². The van der Waals surface area contributed by atoms with Crippen molar-refractivity contribution in [3.8, 4) is 0 Å². The smallest absolute Gasteiger partial charge is 0.425 e. The highest BCUT2D eigenvalue weighted by atomic mass is 16.6. The molecule has 0 fully saturated rings. The number of nitrogens with one attached hydrogen (secondary N) is 2. The second kappa shape index (κ2) is 7.51. The molecule has 5 heteroatoms. The second-order valence-corrected chi connectivity index (χ2v) is 3.64. The summed E-state index contributed by atoms with van der Waals surface area (Å²) in [6.07, 6.45) is 1.40. The lowest BCUT2D eigenvalue weighted by Crippen LogP contribution is -2.30. The molecule has 4 N–H and O–H groups in total. The Labute approximate surface area is 101 Å². The van der Waals surface area contributed by atoms with Crippen LogP contribution >= 0.6 is 0 Å². The quantitative estimate of drug-likeness (QED) is 0.522. The molecule has 0 heterocycles. The number of carbonyl (C=O) groups is 1. The van der Waals surface area contributed by atoms with Gasteiger partial charge in [0, 0.05) is 6.54 Å². The number of hydrazine groups is 1. The van der Waals surface area contributed by atoms with E-state index in [-0.39, 0.29) is 0 Å². The average Bonchev–Trinajstić information content (AvgIpc) is 2.37. The van der Waals surface area contributed by atoms with Crippen molar-refractivity contribution in [3.05, 3.63) is 29.8 Å². The van der Waals surface area contributed by atoms with Gasteiger partial charge in [0.05, 0.1) is 12.3 Å². The molecular formula is C12H19N3O2. The normalized spacial score (nSPS) is 9.76. The van der Waals surface area contributed by atoms with Gasteiger partial charge in [-0.05, 0) is 24.1 Å². The molecule has 0 unspecified atom stereocenters. The number of ether oxygens (including phenoxy) is 1. The summed E-state index contributed by atoms with van der Waals surface area (Å²) in [6.45, 7) is 2.99. The van der Waals surface area contributed by atoms with Crippen molar-refractivity contribution in [2.75, 3.05) is 12.0 Å². The minimum absolute atomic E-state index is 0.441. The fourth-order valence-electron chi connectivity index (χ4n) is 1.19. The molecule has 0 saturated carbocycles. The van der Waals surface area contributed by atoms with Crippen LogP contribution in [0.5, 0.6) is 0 Å². The number of nitrogens with two attached hydrogens (primary N) is 1. The average molecular weight is 237 g/mol. The minimum atomic E-state index is -0.471. The van der Waals surface area contributed by atoms with Gasteiger partial charge in [-0.15, -0.1) is 0 Å². The first-order chi connectivity index (χ1) is 8.26. The molecule has 1 aromatic carbocycles. The Morgan fingerprint density at radius 2 is 2.06 bits per heavy atom. The zero-order chi connectivity index (χ0) is 12.5. The Hall–Kier alpha value is -1.75. The lowest BCUT2D eigenvalue weighted by atomic mass is 10.2. The molecule has 5 nitrogen and oxygen atoms in total. The molecule has 0 bridgehead atoms. The number of benzene rings is 1. The van der Waals surface area contributed by atoms with Gasteiger partial charge in [-0.1, -0.05) is 25.5 Å². The number of carbonyl (C=O) groups excluding carboxylic acids is 1. The predicted molar refractivity (Wildman–Crippen MR) is 67.3 cm³/mol. The summed E-state index contributed by atoms with van der Waals surface area (Å²) in [5.41, 5.74) is 12.5. The Kier molecular flexibility index (Phi) is 5.88. The Morgan fingerprint density at radius 3 is 2.65 bits per heavy atom. The van der Waals surface area contributed by atoms with Crippen molar-refractivity contribution in [2.45, 2.75) is 26.3 Å². The SMILES string of the molecule is CCCCOC(=O)NNc1ccc(CN)cc1. The first-order valence-electron chi connectivity index (χ1n) is 5.74. The highest BCUT2D eigenvalue weighted by Gasteiger charge is 2.00. The van der Waals surface area contributed by atoms with Crippen LogP contribution in [0.25, 0.3) is 0 Å². The summed E-state index contributed by atoms with van der Waals surface area (Å²) in [6, 6.07) is 7.47. The van der Waals surface area contributed by atoms with Crippen molar-refractivity contribution < 1.29 is 9.53 Å². The fraction of sp³-hybridized carbons (Fsp3) is 0.417. The van der Waals surface area contributed by atoms with Crippen LogP contribution in [0.4, 0.5) is 10.5 Å². The van der Waals surface area contributed by atoms with Gasteiger partial charge in [-0.25, -0.2) is 10.2 Å². The third-order valence-electron chi connectivity index (χ3n) is 2.23. The van der Waals surface area contributed by atoms with Crippen molar-refractivity contribution in [2.24, 2.45) is 5.73 Å².